The molecule has 1 fully saturated rings. The van der Waals surface area contributed by atoms with E-state index < -0.39 is 11.8 Å². The fraction of sp³-hybridized carbons (Fsp3) is 0.0435. The lowest BCUT2D eigenvalue weighted by Gasteiger charge is -2.27. The second-order valence-corrected chi connectivity index (χ2v) is 7.01. The number of hydrogen-bond donors (Lipinski definition) is 1. The number of nitrogens with zero attached hydrogens (tertiary/aromatic N) is 1. The first-order valence-electron chi connectivity index (χ1n) is 9.11. The van der Waals surface area contributed by atoms with Crippen LogP contribution >= 0.6 is 12.2 Å². The highest BCUT2D eigenvalue weighted by molar-refractivity contribution is 7.80. The third-order valence-electron chi connectivity index (χ3n) is 4.61. The molecule has 0 unspecified atom stereocenters. The van der Waals surface area contributed by atoms with E-state index in [9.17, 15) is 14.4 Å². The fourth-order valence-corrected chi connectivity index (χ4v) is 3.40. The lowest BCUT2D eigenvalue weighted by atomic mass is 10.1. The van der Waals surface area contributed by atoms with Crippen LogP contribution in [0.2, 0.25) is 0 Å². The van der Waals surface area contributed by atoms with Crippen LogP contribution in [0.5, 0.6) is 0 Å². The van der Waals surface area contributed by atoms with Crippen molar-refractivity contribution in [3.63, 3.8) is 0 Å². The van der Waals surface area contributed by atoms with E-state index in [1.807, 2.05) is 6.07 Å². The van der Waals surface area contributed by atoms with Crippen molar-refractivity contribution < 1.29 is 18.8 Å². The second kappa shape index (κ2) is 7.88. The number of rotatable bonds is 5. The summed E-state index contributed by atoms with van der Waals surface area (Å²) in [6.07, 6.45) is 3.02. The van der Waals surface area contributed by atoms with Crippen LogP contribution in [0.15, 0.2) is 77.2 Å². The summed E-state index contributed by atoms with van der Waals surface area (Å²) >= 11 is 5.05. The number of carbonyl (C=O) groups excluding carboxylic acids is 3. The Balaban J connectivity index is 1.67. The molecule has 1 aliphatic heterocycles. The number of fused-ring (bicyclic) bond motifs is 1. The molecule has 0 radical (unpaired) electrons. The standard InChI is InChI=1S/C23H16N2O4S/c1-2-10-25-22(28)17(21(27)24-23(25)30)12-14-8-9-18-16(11-14)13-19(29-18)20(26)15-6-4-3-5-7-15/h2-9,11-13H,1,10H2,(H,24,27,30). The number of nitrogens with one attached hydrogen (secondary N) is 1. The summed E-state index contributed by atoms with van der Waals surface area (Å²) < 4.78 is 5.68. The van der Waals surface area contributed by atoms with Gasteiger partial charge < -0.3 is 4.42 Å². The van der Waals surface area contributed by atoms with E-state index in [0.29, 0.717) is 22.1 Å². The van der Waals surface area contributed by atoms with Gasteiger partial charge in [-0.25, -0.2) is 0 Å². The second-order valence-electron chi connectivity index (χ2n) is 6.62. The monoisotopic (exact) mass is 416 g/mol. The van der Waals surface area contributed by atoms with Gasteiger partial charge in [-0.05, 0) is 42.1 Å². The van der Waals surface area contributed by atoms with Gasteiger partial charge in [0.05, 0.1) is 0 Å². The van der Waals surface area contributed by atoms with Crippen LogP contribution in [0.4, 0.5) is 0 Å². The van der Waals surface area contributed by atoms with Crippen LogP contribution in [-0.4, -0.2) is 34.2 Å². The van der Waals surface area contributed by atoms with Crippen molar-refractivity contribution in [1.29, 1.82) is 0 Å². The van der Waals surface area contributed by atoms with Crippen LogP contribution < -0.4 is 5.32 Å². The zero-order valence-corrected chi connectivity index (χ0v) is 16.6. The van der Waals surface area contributed by atoms with Gasteiger partial charge in [-0.2, -0.15) is 0 Å². The Labute approximate surface area is 177 Å². The van der Waals surface area contributed by atoms with E-state index >= 15 is 0 Å². The quantitative estimate of drug-likeness (QED) is 0.227. The van der Waals surface area contributed by atoms with Gasteiger partial charge >= 0.3 is 0 Å². The largest absolute Gasteiger partial charge is 0.453 e. The molecule has 2 heterocycles. The highest BCUT2D eigenvalue weighted by atomic mass is 32.1. The lowest BCUT2D eigenvalue weighted by Crippen LogP contribution is -2.53. The van der Waals surface area contributed by atoms with E-state index in [-0.39, 0.29) is 28.8 Å². The average molecular weight is 416 g/mol. The molecule has 2 amide bonds. The van der Waals surface area contributed by atoms with E-state index in [1.165, 1.54) is 17.1 Å². The van der Waals surface area contributed by atoms with Crippen molar-refractivity contribution in [1.82, 2.24) is 10.2 Å². The lowest BCUT2D eigenvalue weighted by molar-refractivity contribution is -0.128. The summed E-state index contributed by atoms with van der Waals surface area (Å²) in [6, 6.07) is 15.6. The molecule has 0 atom stereocenters. The zero-order valence-electron chi connectivity index (χ0n) is 15.8. The van der Waals surface area contributed by atoms with E-state index in [4.69, 9.17) is 16.6 Å². The number of ketones is 1. The van der Waals surface area contributed by atoms with Gasteiger partial charge in [-0.15, -0.1) is 6.58 Å². The van der Waals surface area contributed by atoms with Crippen LogP contribution in [0.25, 0.3) is 17.0 Å². The summed E-state index contributed by atoms with van der Waals surface area (Å²) in [4.78, 5) is 38.8. The minimum atomic E-state index is -0.558. The molecule has 0 aliphatic carbocycles. The molecule has 0 spiro atoms. The van der Waals surface area contributed by atoms with Gasteiger partial charge in [0.15, 0.2) is 10.9 Å². The van der Waals surface area contributed by atoms with Crippen molar-refractivity contribution in [2.45, 2.75) is 0 Å². The van der Waals surface area contributed by atoms with Crippen molar-refractivity contribution in [2.24, 2.45) is 0 Å². The molecule has 6 nitrogen and oxygen atoms in total. The Morgan fingerprint density at radius 3 is 2.63 bits per heavy atom. The van der Waals surface area contributed by atoms with Crippen molar-refractivity contribution in [2.75, 3.05) is 6.54 Å². The van der Waals surface area contributed by atoms with Crippen molar-refractivity contribution >= 4 is 52.0 Å². The average Bonchev–Trinajstić information content (AvgIpc) is 3.17. The normalized spacial score (nSPS) is 15.5. The van der Waals surface area contributed by atoms with Crippen molar-refractivity contribution in [3.05, 3.63) is 89.7 Å². The molecule has 0 saturated carbocycles. The Hall–Kier alpha value is -3.84. The zero-order chi connectivity index (χ0) is 21.3. The number of furan rings is 1. The first-order valence-corrected chi connectivity index (χ1v) is 9.52. The molecule has 4 rings (SSSR count). The van der Waals surface area contributed by atoms with Gasteiger partial charge in [0.2, 0.25) is 5.78 Å². The Morgan fingerprint density at radius 2 is 1.90 bits per heavy atom. The molecule has 2 aromatic carbocycles. The summed E-state index contributed by atoms with van der Waals surface area (Å²) in [5, 5.41) is 3.25. The predicted molar refractivity (Wildman–Crippen MR) is 117 cm³/mol. The van der Waals surface area contributed by atoms with Gasteiger partial charge in [0.25, 0.3) is 11.8 Å². The van der Waals surface area contributed by atoms with Gasteiger partial charge in [0.1, 0.15) is 11.2 Å². The molecular formula is C23H16N2O4S. The smallest absolute Gasteiger partial charge is 0.265 e. The molecule has 1 aliphatic rings. The molecule has 0 bridgehead atoms. The number of benzene rings is 2. The Bertz CT molecular complexity index is 1240. The molecular weight excluding hydrogens is 400 g/mol. The van der Waals surface area contributed by atoms with Crippen molar-refractivity contribution in [3.8, 4) is 0 Å². The number of carbonyl (C=O) groups is 3. The summed E-state index contributed by atoms with van der Waals surface area (Å²) in [5.41, 5.74) is 1.65. The Kier molecular flexibility index (Phi) is 5.12. The highest BCUT2D eigenvalue weighted by Gasteiger charge is 2.32. The van der Waals surface area contributed by atoms with E-state index in [1.54, 1.807) is 48.5 Å². The maximum absolute atomic E-state index is 12.7. The highest BCUT2D eigenvalue weighted by Crippen LogP contribution is 2.24. The minimum Gasteiger partial charge on any atom is -0.453 e. The van der Waals surface area contributed by atoms with Crippen LogP contribution in [0.3, 0.4) is 0 Å². The Morgan fingerprint density at radius 1 is 1.13 bits per heavy atom. The third-order valence-corrected chi connectivity index (χ3v) is 4.93. The van der Waals surface area contributed by atoms with Crippen LogP contribution in [0, 0.1) is 0 Å². The maximum Gasteiger partial charge on any atom is 0.265 e. The summed E-state index contributed by atoms with van der Waals surface area (Å²) in [5.74, 6) is -1.05. The number of amides is 2. The maximum atomic E-state index is 12.7. The molecule has 3 aromatic rings. The van der Waals surface area contributed by atoms with Crippen LogP contribution in [0.1, 0.15) is 21.7 Å². The van der Waals surface area contributed by atoms with Gasteiger partial charge in [-0.3, -0.25) is 24.6 Å². The third kappa shape index (κ3) is 3.58. The van der Waals surface area contributed by atoms with E-state index in [2.05, 4.69) is 11.9 Å². The molecule has 1 aromatic heterocycles. The molecule has 30 heavy (non-hydrogen) atoms. The predicted octanol–water partition coefficient (Wildman–Crippen LogP) is 3.48. The fourth-order valence-electron chi connectivity index (χ4n) is 3.15. The van der Waals surface area contributed by atoms with Crippen LogP contribution in [-0.2, 0) is 9.59 Å². The topological polar surface area (TPSA) is 79.6 Å². The molecule has 1 N–H and O–H groups in total. The first-order chi connectivity index (χ1) is 14.5. The van der Waals surface area contributed by atoms with Gasteiger partial charge in [-0.1, -0.05) is 42.5 Å². The number of thiocarbonyl (C=S) groups is 1. The van der Waals surface area contributed by atoms with E-state index in [0.717, 1.165) is 0 Å². The number of hydrogen-bond acceptors (Lipinski definition) is 5. The molecule has 7 heteroatoms. The van der Waals surface area contributed by atoms with Gasteiger partial charge in [0, 0.05) is 17.5 Å². The summed E-state index contributed by atoms with van der Waals surface area (Å²) in [6.45, 7) is 3.80. The first kappa shape index (κ1) is 19.5. The SMILES string of the molecule is C=CCN1C(=O)C(=Cc2ccc3oc(C(=O)c4ccccc4)cc3c2)C(=O)NC1=S. The summed E-state index contributed by atoms with van der Waals surface area (Å²) in [7, 11) is 0. The minimum absolute atomic E-state index is 0.0334. The molecule has 148 valence electrons. The molecule has 1 saturated heterocycles.